The van der Waals surface area contributed by atoms with Crippen LogP contribution in [0.1, 0.15) is 18.7 Å². The summed E-state index contributed by atoms with van der Waals surface area (Å²) in [6.45, 7) is 3.45. The van der Waals surface area contributed by atoms with Crippen LogP contribution in [0.25, 0.3) is 0 Å². The number of nitrogens with two attached hydrogens (primary N) is 1. The lowest BCUT2D eigenvalue weighted by Gasteiger charge is -2.32. The van der Waals surface area contributed by atoms with E-state index in [0.29, 0.717) is 11.0 Å². The van der Waals surface area contributed by atoms with Crippen molar-refractivity contribution in [2.45, 2.75) is 25.8 Å². The van der Waals surface area contributed by atoms with E-state index in [9.17, 15) is 4.79 Å². The average molecular weight is 270 g/mol. The number of carbonyl (C=O) groups is 1. The van der Waals surface area contributed by atoms with Gasteiger partial charge in [-0.2, -0.15) is 0 Å². The maximum absolute atomic E-state index is 10.8. The largest absolute Gasteiger partial charge is 0.356 e. The van der Waals surface area contributed by atoms with E-state index in [4.69, 9.17) is 17.3 Å². The number of amides is 2. The number of nitrogens with zero attached hydrogens (tertiary/aromatic N) is 3. The van der Waals surface area contributed by atoms with E-state index in [0.717, 1.165) is 31.7 Å². The number of piperidine rings is 1. The van der Waals surface area contributed by atoms with Gasteiger partial charge in [-0.25, -0.2) is 14.8 Å². The van der Waals surface area contributed by atoms with Crippen LogP contribution in [0.4, 0.5) is 10.6 Å². The van der Waals surface area contributed by atoms with Crippen molar-refractivity contribution in [1.82, 2.24) is 15.3 Å². The van der Waals surface area contributed by atoms with Gasteiger partial charge < -0.3 is 16.0 Å². The first kappa shape index (κ1) is 12.9. The lowest BCUT2D eigenvalue weighted by Crippen LogP contribution is -2.46. The number of nitrogens with one attached hydrogen (secondary N) is 1. The molecule has 0 aliphatic carbocycles. The number of aromatic nitrogens is 2. The molecule has 0 spiro atoms. The second-order valence-electron chi connectivity index (χ2n) is 4.37. The highest BCUT2D eigenvalue weighted by Crippen LogP contribution is 2.20. The Labute approximate surface area is 111 Å². The number of hydrogen-bond donors (Lipinski definition) is 2. The van der Waals surface area contributed by atoms with Gasteiger partial charge in [0.2, 0.25) is 0 Å². The highest BCUT2D eigenvalue weighted by Gasteiger charge is 2.21. The quantitative estimate of drug-likeness (QED) is 0.787. The molecule has 0 radical (unpaired) electrons. The topological polar surface area (TPSA) is 84.1 Å². The first-order valence-electron chi connectivity index (χ1n) is 5.86. The van der Waals surface area contributed by atoms with Crippen molar-refractivity contribution in [3.05, 3.63) is 17.0 Å². The third-order valence-corrected chi connectivity index (χ3v) is 3.15. The molecule has 1 aliphatic rings. The number of halogens is 1. The van der Waals surface area contributed by atoms with Crippen molar-refractivity contribution < 1.29 is 4.79 Å². The normalized spacial score (nSPS) is 16.7. The molecule has 0 atom stereocenters. The molecule has 1 aliphatic heterocycles. The molecule has 1 fully saturated rings. The summed E-state index contributed by atoms with van der Waals surface area (Å²) in [5.41, 5.74) is 5.11. The van der Waals surface area contributed by atoms with Crippen LogP contribution < -0.4 is 16.0 Å². The molecule has 0 unspecified atom stereocenters. The third kappa shape index (κ3) is 3.22. The zero-order chi connectivity index (χ0) is 13.1. The fraction of sp³-hybridized carbons (Fsp3) is 0.545. The Kier molecular flexibility index (Phi) is 3.86. The van der Waals surface area contributed by atoms with Crippen LogP contribution in [0.5, 0.6) is 0 Å². The molecular weight excluding hydrogens is 254 g/mol. The number of primary amides is 1. The molecule has 2 rings (SSSR count). The highest BCUT2D eigenvalue weighted by atomic mass is 35.5. The summed E-state index contributed by atoms with van der Waals surface area (Å²) in [5.74, 6) is 1.50. The van der Waals surface area contributed by atoms with Crippen LogP contribution in [0.15, 0.2) is 6.07 Å². The summed E-state index contributed by atoms with van der Waals surface area (Å²) in [4.78, 5) is 21.3. The van der Waals surface area contributed by atoms with E-state index in [1.54, 1.807) is 6.07 Å². The lowest BCUT2D eigenvalue weighted by molar-refractivity contribution is 0.242. The summed E-state index contributed by atoms with van der Waals surface area (Å²) in [6, 6.07) is 1.45. The molecule has 0 saturated carbocycles. The van der Waals surface area contributed by atoms with Gasteiger partial charge in [0.25, 0.3) is 0 Å². The van der Waals surface area contributed by atoms with Gasteiger partial charge in [-0.15, -0.1) is 0 Å². The van der Waals surface area contributed by atoms with E-state index in [2.05, 4.69) is 20.2 Å². The van der Waals surface area contributed by atoms with Crippen LogP contribution in [0, 0.1) is 6.92 Å². The molecule has 1 aromatic rings. The standard InChI is InChI=1S/C11H16ClN5O/c1-7-14-9(12)6-10(15-7)17-4-2-8(3-5-17)16-11(13)18/h6,8H,2-5H2,1H3,(H3,13,16,18). The lowest BCUT2D eigenvalue weighted by atomic mass is 10.1. The van der Waals surface area contributed by atoms with Crippen LogP contribution in [0.2, 0.25) is 5.15 Å². The summed E-state index contributed by atoms with van der Waals surface area (Å²) < 4.78 is 0. The van der Waals surface area contributed by atoms with Crippen molar-refractivity contribution >= 4 is 23.4 Å². The average Bonchev–Trinajstić information content (AvgIpc) is 2.27. The summed E-state index contributed by atoms with van der Waals surface area (Å²) in [7, 11) is 0. The Morgan fingerprint density at radius 1 is 1.50 bits per heavy atom. The van der Waals surface area contributed by atoms with Crippen LogP contribution in [0.3, 0.4) is 0 Å². The number of rotatable bonds is 2. The Morgan fingerprint density at radius 2 is 2.17 bits per heavy atom. The van der Waals surface area contributed by atoms with Gasteiger partial charge in [0.05, 0.1) is 0 Å². The Balaban J connectivity index is 1.98. The van der Waals surface area contributed by atoms with E-state index in [-0.39, 0.29) is 6.04 Å². The van der Waals surface area contributed by atoms with Crippen LogP contribution in [-0.4, -0.2) is 35.1 Å². The number of hydrogen-bond acceptors (Lipinski definition) is 4. The number of anilines is 1. The molecule has 98 valence electrons. The highest BCUT2D eigenvalue weighted by molar-refractivity contribution is 6.29. The Bertz CT molecular complexity index is 425. The van der Waals surface area contributed by atoms with Crippen molar-refractivity contribution in [3.8, 4) is 0 Å². The SMILES string of the molecule is Cc1nc(Cl)cc(N2CCC(NC(N)=O)CC2)n1. The molecule has 1 aromatic heterocycles. The minimum atomic E-state index is -0.464. The van der Waals surface area contributed by atoms with Gasteiger partial charge >= 0.3 is 6.03 Å². The molecule has 18 heavy (non-hydrogen) atoms. The number of urea groups is 1. The van der Waals surface area contributed by atoms with Gasteiger partial charge in [-0.05, 0) is 19.8 Å². The first-order chi connectivity index (χ1) is 8.54. The molecule has 0 bridgehead atoms. The molecule has 2 heterocycles. The van der Waals surface area contributed by atoms with Crippen molar-refractivity contribution in [3.63, 3.8) is 0 Å². The molecule has 6 nitrogen and oxygen atoms in total. The maximum Gasteiger partial charge on any atom is 0.312 e. The molecule has 1 saturated heterocycles. The smallest absolute Gasteiger partial charge is 0.312 e. The molecule has 2 amide bonds. The Hall–Kier alpha value is -1.56. The summed E-state index contributed by atoms with van der Waals surface area (Å²) in [5, 5.41) is 3.18. The minimum Gasteiger partial charge on any atom is -0.356 e. The van der Waals surface area contributed by atoms with E-state index in [1.165, 1.54) is 0 Å². The van der Waals surface area contributed by atoms with Gasteiger partial charge in [-0.3, -0.25) is 0 Å². The molecular formula is C11H16ClN5O. The van der Waals surface area contributed by atoms with Gasteiger partial charge in [0.1, 0.15) is 16.8 Å². The second kappa shape index (κ2) is 5.39. The van der Waals surface area contributed by atoms with Gasteiger partial charge in [0, 0.05) is 25.2 Å². The van der Waals surface area contributed by atoms with Crippen LogP contribution >= 0.6 is 11.6 Å². The summed E-state index contributed by atoms with van der Waals surface area (Å²) in [6.07, 6.45) is 1.70. The van der Waals surface area contributed by atoms with E-state index < -0.39 is 6.03 Å². The van der Waals surface area contributed by atoms with E-state index in [1.807, 2.05) is 6.92 Å². The van der Waals surface area contributed by atoms with Crippen molar-refractivity contribution in [2.75, 3.05) is 18.0 Å². The zero-order valence-electron chi connectivity index (χ0n) is 10.2. The third-order valence-electron chi connectivity index (χ3n) is 2.96. The van der Waals surface area contributed by atoms with Crippen molar-refractivity contribution in [1.29, 1.82) is 0 Å². The fourth-order valence-electron chi connectivity index (χ4n) is 2.13. The Morgan fingerprint density at radius 3 is 2.72 bits per heavy atom. The minimum absolute atomic E-state index is 0.150. The first-order valence-corrected chi connectivity index (χ1v) is 6.24. The molecule has 3 N–H and O–H groups in total. The maximum atomic E-state index is 10.8. The molecule has 7 heteroatoms. The van der Waals surface area contributed by atoms with E-state index >= 15 is 0 Å². The number of carbonyl (C=O) groups excluding carboxylic acids is 1. The van der Waals surface area contributed by atoms with Crippen LogP contribution in [-0.2, 0) is 0 Å². The zero-order valence-corrected chi connectivity index (χ0v) is 10.9. The van der Waals surface area contributed by atoms with Crippen molar-refractivity contribution in [2.24, 2.45) is 5.73 Å². The summed E-state index contributed by atoms with van der Waals surface area (Å²) >= 11 is 5.92. The fourth-order valence-corrected chi connectivity index (χ4v) is 2.35. The predicted octanol–water partition coefficient (Wildman–Crippen LogP) is 1.08. The van der Waals surface area contributed by atoms with Gasteiger partial charge in [-0.1, -0.05) is 11.6 Å². The number of aryl methyl sites for hydroxylation is 1. The second-order valence-corrected chi connectivity index (χ2v) is 4.75. The predicted molar refractivity (Wildman–Crippen MR) is 69.7 cm³/mol. The van der Waals surface area contributed by atoms with Gasteiger partial charge in [0.15, 0.2) is 0 Å². The monoisotopic (exact) mass is 269 g/mol. The molecule has 0 aromatic carbocycles.